The molecule has 0 saturated heterocycles. The largest absolute Gasteiger partial charge is 0.370 e. The number of rotatable bonds is 5. The highest BCUT2D eigenvalue weighted by Crippen LogP contribution is 2.23. The fraction of sp³-hybridized carbons (Fsp3) is 0.462. The highest BCUT2D eigenvalue weighted by Gasteiger charge is 2.09. The fourth-order valence-corrected chi connectivity index (χ4v) is 1.85. The molecule has 0 atom stereocenters. The van der Waals surface area contributed by atoms with Crippen LogP contribution in [-0.2, 0) is 7.05 Å². The topological polar surface area (TPSA) is 67.7 Å². The first-order valence-corrected chi connectivity index (χ1v) is 6.44. The average Bonchev–Trinajstić information content (AvgIpc) is 2.69. The van der Waals surface area contributed by atoms with Crippen LogP contribution in [0.25, 0.3) is 0 Å². The first-order chi connectivity index (χ1) is 9.11. The monoisotopic (exact) mass is 260 g/mol. The Morgan fingerprint density at radius 1 is 1.21 bits per heavy atom. The second kappa shape index (κ2) is 5.69. The van der Waals surface area contributed by atoms with Crippen LogP contribution in [0.5, 0.6) is 0 Å². The van der Waals surface area contributed by atoms with Gasteiger partial charge in [0.1, 0.15) is 18.0 Å². The van der Waals surface area contributed by atoms with Gasteiger partial charge >= 0.3 is 0 Å². The van der Waals surface area contributed by atoms with Gasteiger partial charge in [-0.1, -0.05) is 6.92 Å². The minimum atomic E-state index is 0.810. The maximum absolute atomic E-state index is 4.30. The molecule has 0 aliphatic heterocycles. The fourth-order valence-electron chi connectivity index (χ4n) is 1.85. The SMILES string of the molecule is CCCNc1ncnc(Nc2cn(C)nc2C)c1C. The third kappa shape index (κ3) is 3.01. The summed E-state index contributed by atoms with van der Waals surface area (Å²) in [4.78, 5) is 8.56. The van der Waals surface area contributed by atoms with E-state index in [9.17, 15) is 0 Å². The number of hydrogen-bond acceptors (Lipinski definition) is 5. The van der Waals surface area contributed by atoms with Gasteiger partial charge in [0.25, 0.3) is 0 Å². The van der Waals surface area contributed by atoms with E-state index < -0.39 is 0 Å². The van der Waals surface area contributed by atoms with Crippen molar-refractivity contribution in [1.82, 2.24) is 19.7 Å². The molecule has 2 N–H and O–H groups in total. The van der Waals surface area contributed by atoms with Crippen molar-refractivity contribution in [1.29, 1.82) is 0 Å². The quantitative estimate of drug-likeness (QED) is 0.864. The van der Waals surface area contributed by atoms with Crippen molar-refractivity contribution in [3.8, 4) is 0 Å². The van der Waals surface area contributed by atoms with Crippen LogP contribution in [0.3, 0.4) is 0 Å². The second-order valence-electron chi connectivity index (χ2n) is 4.55. The lowest BCUT2D eigenvalue weighted by atomic mass is 10.3. The lowest BCUT2D eigenvalue weighted by molar-refractivity contribution is 0.756. The van der Waals surface area contributed by atoms with E-state index in [4.69, 9.17) is 0 Å². The van der Waals surface area contributed by atoms with Crippen LogP contribution in [0.1, 0.15) is 24.6 Å². The number of hydrogen-bond donors (Lipinski definition) is 2. The minimum Gasteiger partial charge on any atom is -0.370 e. The molecule has 2 aromatic rings. The first-order valence-electron chi connectivity index (χ1n) is 6.44. The van der Waals surface area contributed by atoms with Crippen molar-refractivity contribution < 1.29 is 0 Å². The van der Waals surface area contributed by atoms with Gasteiger partial charge in [0, 0.05) is 25.4 Å². The summed E-state index contributed by atoms with van der Waals surface area (Å²) in [6.45, 7) is 7.01. The number of nitrogens with zero attached hydrogens (tertiary/aromatic N) is 4. The number of nitrogens with one attached hydrogen (secondary N) is 2. The highest BCUT2D eigenvalue weighted by molar-refractivity contribution is 5.65. The van der Waals surface area contributed by atoms with E-state index in [-0.39, 0.29) is 0 Å². The summed E-state index contributed by atoms with van der Waals surface area (Å²) >= 11 is 0. The normalized spacial score (nSPS) is 10.5. The zero-order valence-electron chi connectivity index (χ0n) is 11.9. The summed E-state index contributed by atoms with van der Waals surface area (Å²) in [5.41, 5.74) is 2.92. The molecule has 0 saturated carbocycles. The average molecular weight is 260 g/mol. The van der Waals surface area contributed by atoms with E-state index in [2.05, 4.69) is 32.6 Å². The molecular weight excluding hydrogens is 240 g/mol. The predicted octanol–water partition coefficient (Wildman–Crippen LogP) is 2.39. The first kappa shape index (κ1) is 13.3. The molecular formula is C13H20N6. The van der Waals surface area contributed by atoms with Crippen molar-refractivity contribution in [2.24, 2.45) is 7.05 Å². The number of aromatic nitrogens is 4. The Morgan fingerprint density at radius 3 is 2.58 bits per heavy atom. The molecule has 0 aliphatic rings. The molecule has 6 nitrogen and oxygen atoms in total. The van der Waals surface area contributed by atoms with Crippen molar-refractivity contribution in [2.45, 2.75) is 27.2 Å². The van der Waals surface area contributed by atoms with Crippen molar-refractivity contribution in [3.63, 3.8) is 0 Å². The Hall–Kier alpha value is -2.11. The van der Waals surface area contributed by atoms with E-state index >= 15 is 0 Å². The Morgan fingerprint density at radius 2 is 1.95 bits per heavy atom. The van der Waals surface area contributed by atoms with Crippen LogP contribution < -0.4 is 10.6 Å². The van der Waals surface area contributed by atoms with Crippen molar-refractivity contribution >= 4 is 17.3 Å². The van der Waals surface area contributed by atoms with Gasteiger partial charge in [-0.3, -0.25) is 4.68 Å². The summed E-state index contributed by atoms with van der Waals surface area (Å²) < 4.78 is 1.78. The van der Waals surface area contributed by atoms with Gasteiger partial charge in [-0.15, -0.1) is 0 Å². The van der Waals surface area contributed by atoms with Crippen molar-refractivity contribution in [3.05, 3.63) is 23.8 Å². The zero-order valence-corrected chi connectivity index (χ0v) is 11.9. The summed E-state index contributed by atoms with van der Waals surface area (Å²) in [6.07, 6.45) is 4.57. The maximum atomic E-state index is 4.30. The van der Waals surface area contributed by atoms with Crippen LogP contribution >= 0.6 is 0 Å². The van der Waals surface area contributed by atoms with E-state index in [1.54, 1.807) is 11.0 Å². The molecule has 0 fully saturated rings. The van der Waals surface area contributed by atoms with Gasteiger partial charge in [-0.25, -0.2) is 9.97 Å². The number of anilines is 3. The predicted molar refractivity (Wildman–Crippen MR) is 76.8 cm³/mol. The van der Waals surface area contributed by atoms with Gasteiger partial charge in [0.05, 0.1) is 11.4 Å². The smallest absolute Gasteiger partial charge is 0.138 e. The van der Waals surface area contributed by atoms with Crippen LogP contribution in [-0.4, -0.2) is 26.3 Å². The highest BCUT2D eigenvalue weighted by atomic mass is 15.3. The maximum Gasteiger partial charge on any atom is 0.138 e. The molecule has 0 bridgehead atoms. The minimum absolute atomic E-state index is 0.810. The van der Waals surface area contributed by atoms with Gasteiger partial charge in [0.15, 0.2) is 0 Å². The second-order valence-corrected chi connectivity index (χ2v) is 4.55. The van der Waals surface area contributed by atoms with E-state index in [1.165, 1.54) is 0 Å². The Labute approximate surface area is 113 Å². The number of aryl methyl sites for hydroxylation is 2. The van der Waals surface area contributed by atoms with Gasteiger partial charge in [-0.2, -0.15) is 5.10 Å². The molecule has 102 valence electrons. The standard InChI is InChI=1S/C13H20N6/c1-5-6-14-12-9(2)13(16-8-15-12)17-11-7-19(4)18-10(11)3/h7-8H,5-6H2,1-4H3,(H2,14,15,16,17). The molecule has 2 heterocycles. The van der Waals surface area contributed by atoms with Gasteiger partial charge in [-0.05, 0) is 20.3 Å². The molecule has 0 unspecified atom stereocenters. The molecule has 0 amide bonds. The molecule has 2 aromatic heterocycles. The summed E-state index contributed by atoms with van der Waals surface area (Å²) in [5, 5.41) is 10.9. The summed E-state index contributed by atoms with van der Waals surface area (Å²) in [5.74, 6) is 1.69. The van der Waals surface area contributed by atoms with Gasteiger partial charge < -0.3 is 10.6 Å². The molecule has 2 rings (SSSR count). The Kier molecular flexibility index (Phi) is 3.99. The van der Waals surface area contributed by atoms with Gasteiger partial charge in [0.2, 0.25) is 0 Å². The Balaban J connectivity index is 2.23. The van der Waals surface area contributed by atoms with Crippen LogP contribution in [0, 0.1) is 13.8 Å². The van der Waals surface area contributed by atoms with E-state index in [0.717, 1.165) is 41.5 Å². The van der Waals surface area contributed by atoms with E-state index in [1.807, 2.05) is 27.1 Å². The molecule has 6 heteroatoms. The summed E-state index contributed by atoms with van der Waals surface area (Å²) in [7, 11) is 1.90. The molecule has 0 radical (unpaired) electrons. The third-order valence-electron chi connectivity index (χ3n) is 2.89. The van der Waals surface area contributed by atoms with Crippen LogP contribution in [0.4, 0.5) is 17.3 Å². The lowest BCUT2D eigenvalue weighted by Crippen LogP contribution is -2.07. The van der Waals surface area contributed by atoms with Crippen LogP contribution in [0.15, 0.2) is 12.5 Å². The third-order valence-corrected chi connectivity index (χ3v) is 2.89. The Bertz CT molecular complexity index is 560. The molecule has 19 heavy (non-hydrogen) atoms. The zero-order chi connectivity index (χ0) is 13.8. The summed E-state index contributed by atoms with van der Waals surface area (Å²) in [6, 6.07) is 0. The molecule has 0 aliphatic carbocycles. The molecule has 0 spiro atoms. The van der Waals surface area contributed by atoms with E-state index in [0.29, 0.717) is 0 Å². The molecule has 0 aromatic carbocycles. The van der Waals surface area contributed by atoms with Crippen molar-refractivity contribution in [2.75, 3.05) is 17.2 Å². The lowest BCUT2D eigenvalue weighted by Gasteiger charge is -2.11. The van der Waals surface area contributed by atoms with Crippen LogP contribution in [0.2, 0.25) is 0 Å².